The predicted molar refractivity (Wildman–Crippen MR) is 52.1 cm³/mol. The van der Waals surface area contributed by atoms with Crippen LogP contribution in [-0.2, 0) is 4.79 Å². The van der Waals surface area contributed by atoms with Crippen LogP contribution >= 0.6 is 0 Å². The number of carbonyl (C=O) groups excluding carboxylic acids is 1. The van der Waals surface area contributed by atoms with Crippen molar-refractivity contribution in [2.24, 2.45) is 11.8 Å². The Morgan fingerprint density at radius 2 is 1.92 bits per heavy atom. The van der Waals surface area contributed by atoms with Crippen LogP contribution in [0.4, 0.5) is 0 Å². The van der Waals surface area contributed by atoms with Gasteiger partial charge >= 0.3 is 0 Å². The van der Waals surface area contributed by atoms with E-state index < -0.39 is 0 Å². The molecule has 0 spiro atoms. The van der Waals surface area contributed by atoms with Crippen molar-refractivity contribution in [3.63, 3.8) is 0 Å². The van der Waals surface area contributed by atoms with E-state index in [4.69, 9.17) is 0 Å². The van der Waals surface area contributed by atoms with Crippen molar-refractivity contribution in [3.8, 4) is 0 Å². The molecule has 3 atom stereocenters. The number of nitrogens with one attached hydrogen (secondary N) is 1. The van der Waals surface area contributed by atoms with Crippen molar-refractivity contribution in [1.29, 1.82) is 0 Å². The zero-order valence-electron chi connectivity index (χ0n) is 8.63. The van der Waals surface area contributed by atoms with E-state index in [9.17, 15) is 4.79 Å². The molecule has 3 unspecified atom stereocenters. The lowest BCUT2D eigenvalue weighted by Gasteiger charge is -2.12. The summed E-state index contributed by atoms with van der Waals surface area (Å²) in [5, 5.41) is 3.22. The van der Waals surface area contributed by atoms with Crippen LogP contribution in [0, 0.1) is 11.8 Å². The van der Waals surface area contributed by atoms with Gasteiger partial charge in [0, 0.05) is 12.0 Å². The van der Waals surface area contributed by atoms with Gasteiger partial charge < -0.3 is 10.1 Å². The highest BCUT2D eigenvalue weighted by Gasteiger charge is 2.29. The molecule has 0 radical (unpaired) electrons. The van der Waals surface area contributed by atoms with E-state index in [-0.39, 0.29) is 0 Å². The topological polar surface area (TPSA) is 29.1 Å². The molecular formula is C10H21NO. The third kappa shape index (κ3) is 2.94. The Kier molecular flexibility index (Phi) is 5.99. The molecule has 0 aromatic rings. The van der Waals surface area contributed by atoms with Gasteiger partial charge in [0.05, 0.1) is 0 Å². The summed E-state index contributed by atoms with van der Waals surface area (Å²) in [7, 11) is 1.97. The first kappa shape index (κ1) is 11.6. The van der Waals surface area contributed by atoms with E-state index in [0.717, 1.165) is 19.1 Å². The lowest BCUT2D eigenvalue weighted by atomic mass is 10.1. The molecule has 1 aliphatic carbocycles. The summed E-state index contributed by atoms with van der Waals surface area (Å²) in [5.41, 5.74) is 0. The molecule has 1 fully saturated rings. The molecule has 0 aliphatic heterocycles. The summed E-state index contributed by atoms with van der Waals surface area (Å²) < 4.78 is 0. The molecule has 1 saturated carbocycles. The lowest BCUT2D eigenvalue weighted by molar-refractivity contribution is -0.111. The predicted octanol–water partition coefficient (Wildman–Crippen LogP) is 1.85. The maximum Gasteiger partial charge on any atom is 0.123 e. The molecule has 0 aromatic heterocycles. The minimum absolute atomic E-state index is 0.312. The highest BCUT2D eigenvalue weighted by molar-refractivity contribution is 5.54. The third-order valence-electron chi connectivity index (χ3n) is 2.48. The second kappa shape index (κ2) is 6.18. The molecule has 1 rings (SSSR count). The normalized spacial score (nSPS) is 33.8. The second-order valence-corrected chi connectivity index (χ2v) is 3.24. The van der Waals surface area contributed by atoms with Gasteiger partial charge in [-0.1, -0.05) is 20.8 Å². The molecule has 12 heavy (non-hydrogen) atoms. The zero-order chi connectivity index (χ0) is 9.56. The SMILES string of the molecule is CC.CNC1CC(C=O)CC1C. The largest absolute Gasteiger partial charge is 0.317 e. The maximum absolute atomic E-state index is 10.4. The molecule has 1 N–H and O–H groups in total. The Labute approximate surface area is 75.7 Å². The van der Waals surface area contributed by atoms with E-state index in [2.05, 4.69) is 12.2 Å². The van der Waals surface area contributed by atoms with Crippen molar-refractivity contribution < 1.29 is 4.79 Å². The van der Waals surface area contributed by atoms with E-state index >= 15 is 0 Å². The molecule has 2 heteroatoms. The second-order valence-electron chi connectivity index (χ2n) is 3.24. The van der Waals surface area contributed by atoms with Gasteiger partial charge in [-0.25, -0.2) is 0 Å². The van der Waals surface area contributed by atoms with Crippen LogP contribution in [0.1, 0.15) is 33.6 Å². The number of carbonyl (C=O) groups is 1. The molecule has 0 aromatic carbocycles. The van der Waals surface area contributed by atoms with Crippen LogP contribution in [0.15, 0.2) is 0 Å². The van der Waals surface area contributed by atoms with Gasteiger partial charge in [0.25, 0.3) is 0 Å². The molecule has 0 amide bonds. The van der Waals surface area contributed by atoms with Gasteiger partial charge in [0.2, 0.25) is 0 Å². The van der Waals surface area contributed by atoms with Gasteiger partial charge in [-0.15, -0.1) is 0 Å². The van der Waals surface area contributed by atoms with Gasteiger partial charge in [0.15, 0.2) is 0 Å². The number of hydrogen-bond donors (Lipinski definition) is 1. The summed E-state index contributed by atoms with van der Waals surface area (Å²) in [6.45, 7) is 6.20. The van der Waals surface area contributed by atoms with Crippen molar-refractivity contribution in [2.45, 2.75) is 39.7 Å². The smallest absolute Gasteiger partial charge is 0.123 e. The third-order valence-corrected chi connectivity index (χ3v) is 2.48. The van der Waals surface area contributed by atoms with E-state index in [1.165, 1.54) is 0 Å². The van der Waals surface area contributed by atoms with Crippen molar-refractivity contribution in [1.82, 2.24) is 5.32 Å². The summed E-state index contributed by atoms with van der Waals surface area (Å²) in [5.74, 6) is 0.979. The molecule has 2 nitrogen and oxygen atoms in total. The molecule has 1 aliphatic rings. The van der Waals surface area contributed by atoms with Crippen LogP contribution in [0.25, 0.3) is 0 Å². The van der Waals surface area contributed by atoms with Crippen LogP contribution in [-0.4, -0.2) is 19.4 Å². The van der Waals surface area contributed by atoms with Crippen LogP contribution in [0.5, 0.6) is 0 Å². The summed E-state index contributed by atoms with van der Waals surface area (Å²) >= 11 is 0. The number of hydrogen-bond acceptors (Lipinski definition) is 2. The maximum atomic E-state index is 10.4. The van der Waals surface area contributed by atoms with Crippen molar-refractivity contribution >= 4 is 6.29 Å². The molecule has 0 bridgehead atoms. The zero-order valence-corrected chi connectivity index (χ0v) is 8.63. The van der Waals surface area contributed by atoms with Crippen LogP contribution in [0.3, 0.4) is 0 Å². The van der Waals surface area contributed by atoms with Gasteiger partial charge in [-0.05, 0) is 25.8 Å². The van der Waals surface area contributed by atoms with Crippen LogP contribution < -0.4 is 5.32 Å². The fourth-order valence-corrected chi connectivity index (χ4v) is 1.81. The first-order valence-corrected chi connectivity index (χ1v) is 4.90. The minimum atomic E-state index is 0.312. The number of rotatable bonds is 2. The Hall–Kier alpha value is -0.370. The minimum Gasteiger partial charge on any atom is -0.317 e. The van der Waals surface area contributed by atoms with Gasteiger partial charge in [-0.3, -0.25) is 0 Å². The first-order chi connectivity index (χ1) is 5.77. The summed E-state index contributed by atoms with van der Waals surface area (Å²) in [4.78, 5) is 10.4. The van der Waals surface area contributed by atoms with E-state index in [1.54, 1.807) is 0 Å². The fraction of sp³-hybridized carbons (Fsp3) is 0.900. The van der Waals surface area contributed by atoms with E-state index in [1.807, 2.05) is 20.9 Å². The number of aldehydes is 1. The molecule has 0 heterocycles. The quantitative estimate of drug-likeness (QED) is 0.642. The van der Waals surface area contributed by atoms with Crippen molar-refractivity contribution in [3.05, 3.63) is 0 Å². The summed E-state index contributed by atoms with van der Waals surface area (Å²) in [6.07, 6.45) is 3.18. The first-order valence-electron chi connectivity index (χ1n) is 4.90. The Morgan fingerprint density at radius 3 is 2.17 bits per heavy atom. The van der Waals surface area contributed by atoms with E-state index in [0.29, 0.717) is 17.9 Å². The average Bonchev–Trinajstić information content (AvgIpc) is 2.49. The highest BCUT2D eigenvalue weighted by Crippen LogP contribution is 2.28. The Balaban J connectivity index is 0.000000561. The molecule has 72 valence electrons. The monoisotopic (exact) mass is 171 g/mol. The summed E-state index contributed by atoms with van der Waals surface area (Å²) in [6, 6.07) is 0.565. The fourth-order valence-electron chi connectivity index (χ4n) is 1.81. The average molecular weight is 171 g/mol. The highest BCUT2D eigenvalue weighted by atomic mass is 16.1. The van der Waals surface area contributed by atoms with Crippen LogP contribution in [0.2, 0.25) is 0 Å². The molecular weight excluding hydrogens is 150 g/mol. The molecule has 0 saturated heterocycles. The lowest BCUT2D eigenvalue weighted by Crippen LogP contribution is -2.27. The van der Waals surface area contributed by atoms with Crippen molar-refractivity contribution in [2.75, 3.05) is 7.05 Å². The Morgan fingerprint density at radius 1 is 1.33 bits per heavy atom. The Bertz CT molecular complexity index is 125. The standard InChI is InChI=1S/C8H15NO.C2H6/c1-6-3-7(5-10)4-8(6)9-2;1-2/h5-9H,3-4H2,1-2H3;1-2H3. The van der Waals surface area contributed by atoms with Gasteiger partial charge in [0.1, 0.15) is 6.29 Å². The van der Waals surface area contributed by atoms with Gasteiger partial charge in [-0.2, -0.15) is 0 Å².